The maximum absolute atomic E-state index is 12.2. The van der Waals surface area contributed by atoms with Gasteiger partial charge in [0, 0.05) is 48.8 Å². The summed E-state index contributed by atoms with van der Waals surface area (Å²) in [7, 11) is 7.72. The van der Waals surface area contributed by atoms with Crippen molar-refractivity contribution in [2.45, 2.75) is 44.7 Å². The molecule has 8 rings (SSSR count). The molecule has 4 heterocycles. The molecular formula is C38H38N2O6. The molecule has 8 heteroatoms. The van der Waals surface area contributed by atoms with E-state index in [1.807, 2.05) is 12.1 Å². The lowest BCUT2D eigenvalue weighted by molar-refractivity contribution is -0.131. The summed E-state index contributed by atoms with van der Waals surface area (Å²) in [5.74, 6) is 4.42. The molecule has 4 aliphatic rings. The van der Waals surface area contributed by atoms with E-state index in [2.05, 4.69) is 66.4 Å². The van der Waals surface area contributed by atoms with Crippen LogP contribution in [0.15, 0.2) is 54.6 Å². The fourth-order valence-corrected chi connectivity index (χ4v) is 7.71. The second kappa shape index (κ2) is 11.1. The quantitative estimate of drug-likeness (QED) is 0.157. The lowest BCUT2D eigenvalue weighted by Crippen LogP contribution is -2.34. The minimum absolute atomic E-state index is 0.0264. The van der Waals surface area contributed by atoms with Crippen molar-refractivity contribution in [3.05, 3.63) is 88.0 Å². The van der Waals surface area contributed by atoms with Gasteiger partial charge in [-0.2, -0.15) is 0 Å². The van der Waals surface area contributed by atoms with Crippen LogP contribution in [0.5, 0.6) is 40.2 Å². The second-order valence-corrected chi connectivity index (χ2v) is 12.9. The van der Waals surface area contributed by atoms with Crippen molar-refractivity contribution in [3.63, 3.8) is 0 Å². The van der Waals surface area contributed by atoms with Gasteiger partial charge in [0.25, 0.3) is 0 Å². The van der Waals surface area contributed by atoms with Crippen molar-refractivity contribution < 1.29 is 28.5 Å². The Morgan fingerprint density at radius 2 is 1.33 bits per heavy atom. The van der Waals surface area contributed by atoms with Crippen LogP contribution >= 0.6 is 0 Å². The number of hydrogen-bond donors (Lipinski definition) is 0. The van der Waals surface area contributed by atoms with Gasteiger partial charge in [0.05, 0.1) is 14.2 Å². The molecule has 8 nitrogen and oxygen atoms in total. The van der Waals surface area contributed by atoms with Crippen molar-refractivity contribution >= 4 is 5.97 Å². The SMILES string of the molecule is COc1ccc2cc1-c1cc(ccc1OC(C)=O)C[C@H]1c3cc4c(cc3CCN1C)Oc1c(OC)cc3c(c1O4)[C@H](C2)N(C)CC3. The van der Waals surface area contributed by atoms with E-state index in [0.29, 0.717) is 17.2 Å². The van der Waals surface area contributed by atoms with Crippen LogP contribution in [0.1, 0.15) is 52.4 Å². The van der Waals surface area contributed by atoms with Gasteiger partial charge in [0.2, 0.25) is 5.75 Å². The van der Waals surface area contributed by atoms with Crippen LogP contribution in [0.25, 0.3) is 11.1 Å². The van der Waals surface area contributed by atoms with Crippen LogP contribution in [0.4, 0.5) is 0 Å². The van der Waals surface area contributed by atoms with Gasteiger partial charge in [0.15, 0.2) is 23.0 Å². The maximum atomic E-state index is 12.2. The fourth-order valence-electron chi connectivity index (χ4n) is 7.71. The molecule has 0 aliphatic carbocycles. The van der Waals surface area contributed by atoms with Crippen molar-refractivity contribution in [2.75, 3.05) is 41.4 Å². The molecule has 4 aromatic rings. The van der Waals surface area contributed by atoms with Gasteiger partial charge in [-0.3, -0.25) is 14.6 Å². The summed E-state index contributed by atoms with van der Waals surface area (Å²) in [6, 6.07) is 19.1. The number of hydrogen-bond acceptors (Lipinski definition) is 8. The Morgan fingerprint density at radius 3 is 2.04 bits per heavy atom. The van der Waals surface area contributed by atoms with E-state index in [-0.39, 0.29) is 18.1 Å². The van der Waals surface area contributed by atoms with Crippen LogP contribution < -0.4 is 23.7 Å². The summed E-state index contributed by atoms with van der Waals surface area (Å²) in [6.07, 6.45) is 3.30. The van der Waals surface area contributed by atoms with E-state index in [1.165, 1.54) is 23.6 Å². The third-order valence-corrected chi connectivity index (χ3v) is 10.1. The summed E-state index contributed by atoms with van der Waals surface area (Å²) in [5, 5.41) is 0. The molecule has 0 spiro atoms. The predicted octanol–water partition coefficient (Wildman–Crippen LogP) is 7.05. The van der Waals surface area contributed by atoms with Crippen molar-refractivity contribution in [3.8, 4) is 51.4 Å². The molecule has 0 amide bonds. The van der Waals surface area contributed by atoms with Gasteiger partial charge in [0.1, 0.15) is 11.5 Å². The molecular weight excluding hydrogens is 580 g/mol. The predicted molar refractivity (Wildman–Crippen MR) is 175 cm³/mol. The van der Waals surface area contributed by atoms with Crippen LogP contribution in [0.2, 0.25) is 0 Å². The van der Waals surface area contributed by atoms with E-state index in [0.717, 1.165) is 89.6 Å². The van der Waals surface area contributed by atoms with Crippen molar-refractivity contribution in [1.29, 1.82) is 0 Å². The topological polar surface area (TPSA) is 69.7 Å². The van der Waals surface area contributed by atoms with Gasteiger partial charge in [-0.05, 0) is 110 Å². The van der Waals surface area contributed by atoms with Crippen LogP contribution in [-0.2, 0) is 30.5 Å². The van der Waals surface area contributed by atoms with Gasteiger partial charge in [-0.15, -0.1) is 0 Å². The number of nitrogens with zero attached hydrogens (tertiary/aromatic N) is 2. The Morgan fingerprint density at radius 1 is 0.717 bits per heavy atom. The van der Waals surface area contributed by atoms with E-state index in [1.54, 1.807) is 14.2 Å². The van der Waals surface area contributed by atoms with E-state index >= 15 is 0 Å². The molecule has 0 N–H and O–H groups in total. The number of methoxy groups -OCH3 is 2. The first-order valence-electron chi connectivity index (χ1n) is 16.0. The Labute approximate surface area is 269 Å². The van der Waals surface area contributed by atoms with Crippen molar-refractivity contribution in [1.82, 2.24) is 9.80 Å². The van der Waals surface area contributed by atoms with Crippen LogP contribution in [0.3, 0.4) is 0 Å². The average molecular weight is 619 g/mol. The number of ether oxygens (including phenoxy) is 5. The number of fused-ring (bicyclic) bond motifs is 5. The summed E-state index contributed by atoms with van der Waals surface area (Å²) in [5.41, 5.74) is 8.85. The summed E-state index contributed by atoms with van der Waals surface area (Å²) in [6.45, 7) is 3.27. The summed E-state index contributed by atoms with van der Waals surface area (Å²) < 4.78 is 31.2. The standard InChI is InChI=1S/C38H38N2O6/c1-21(41)44-32-9-7-22-15-28(32)27-14-23(6-8-31(27)42-4)17-30-36-25(11-13-40(30)3)19-35(43-5)37-38(36)46-34-20-26-24(18-33(34)45-37)10-12-39(2)29(26)16-22/h6-9,14-15,18-20,29-30H,10-13,16-17H2,1-5H3/t29-,30-/m0/s1. The zero-order chi connectivity index (χ0) is 31.7. The third-order valence-electron chi connectivity index (χ3n) is 10.1. The Kier molecular flexibility index (Phi) is 6.96. The number of rotatable bonds is 3. The van der Waals surface area contributed by atoms with Crippen LogP contribution in [0, 0.1) is 0 Å². The number of carbonyl (C=O) groups excluding carboxylic acids is 1. The highest BCUT2D eigenvalue weighted by Crippen LogP contribution is 2.57. The Bertz CT molecular complexity index is 1900. The zero-order valence-electron chi connectivity index (χ0n) is 26.9. The Balaban J connectivity index is 1.39. The Hall–Kier alpha value is -4.53. The molecule has 46 heavy (non-hydrogen) atoms. The monoisotopic (exact) mass is 618 g/mol. The van der Waals surface area contributed by atoms with Gasteiger partial charge in [-0.1, -0.05) is 12.1 Å². The normalized spacial score (nSPS) is 19.6. The molecule has 2 atom stereocenters. The molecule has 0 aromatic heterocycles. The summed E-state index contributed by atoms with van der Waals surface area (Å²) >= 11 is 0. The van der Waals surface area contributed by atoms with Crippen molar-refractivity contribution in [2.24, 2.45) is 0 Å². The maximum Gasteiger partial charge on any atom is 0.308 e. The second-order valence-electron chi connectivity index (χ2n) is 12.9. The minimum Gasteiger partial charge on any atom is -0.496 e. The number of likely N-dealkylation sites (N-methyl/N-ethyl adjacent to an activating group) is 2. The molecule has 0 fully saturated rings. The fraction of sp³-hybridized carbons (Fsp3) is 0.342. The van der Waals surface area contributed by atoms with E-state index < -0.39 is 0 Å². The first kappa shape index (κ1) is 28.9. The summed E-state index contributed by atoms with van der Waals surface area (Å²) in [4.78, 5) is 17.0. The molecule has 0 saturated heterocycles. The first-order valence-corrected chi connectivity index (χ1v) is 16.0. The zero-order valence-corrected chi connectivity index (χ0v) is 26.9. The highest BCUT2D eigenvalue weighted by atomic mass is 16.6. The highest BCUT2D eigenvalue weighted by Gasteiger charge is 2.37. The molecule has 0 radical (unpaired) electrons. The molecule has 0 saturated carbocycles. The third kappa shape index (κ3) is 4.70. The highest BCUT2D eigenvalue weighted by molar-refractivity contribution is 5.81. The number of benzene rings is 4. The van der Waals surface area contributed by atoms with E-state index in [4.69, 9.17) is 23.7 Å². The molecule has 4 aliphatic heterocycles. The average Bonchev–Trinajstić information content (AvgIpc) is 3.05. The van der Waals surface area contributed by atoms with Crippen LogP contribution in [-0.4, -0.2) is 57.2 Å². The molecule has 0 unspecified atom stereocenters. The number of esters is 1. The van der Waals surface area contributed by atoms with E-state index in [9.17, 15) is 4.79 Å². The minimum atomic E-state index is -0.355. The van der Waals surface area contributed by atoms with Gasteiger partial charge >= 0.3 is 5.97 Å². The lowest BCUT2D eigenvalue weighted by atomic mass is 9.85. The molecule has 236 valence electrons. The lowest BCUT2D eigenvalue weighted by Gasteiger charge is -2.39. The first-order chi connectivity index (χ1) is 22.3. The number of carbonyl (C=O) groups is 1. The van der Waals surface area contributed by atoms with Gasteiger partial charge < -0.3 is 23.7 Å². The largest absolute Gasteiger partial charge is 0.496 e. The molecule has 7 bridgehead atoms. The smallest absolute Gasteiger partial charge is 0.308 e. The molecule has 4 aromatic carbocycles. The van der Waals surface area contributed by atoms with Gasteiger partial charge in [-0.25, -0.2) is 0 Å².